The minimum atomic E-state index is -0.897. The topological polar surface area (TPSA) is 79.3 Å². The standard InChI is InChI=1S/C15H20N2O5/c1-10-9-16(6-7-17(10)15(19)20)11-4-5-12(14(18)22-3)13(8-11)21-2/h4-5,8,10H,6-7,9H2,1-3H3,(H,19,20)/t10-/m1/s1. The van der Waals surface area contributed by atoms with Gasteiger partial charge in [0.15, 0.2) is 0 Å². The molecule has 1 aliphatic heterocycles. The minimum absolute atomic E-state index is 0.0995. The van der Waals surface area contributed by atoms with E-state index in [1.807, 2.05) is 13.0 Å². The molecule has 7 heteroatoms. The summed E-state index contributed by atoms with van der Waals surface area (Å²) < 4.78 is 9.97. The summed E-state index contributed by atoms with van der Waals surface area (Å²) in [5.41, 5.74) is 1.26. The highest BCUT2D eigenvalue weighted by atomic mass is 16.5. The van der Waals surface area contributed by atoms with Crippen LogP contribution in [0.5, 0.6) is 5.75 Å². The van der Waals surface area contributed by atoms with Crippen molar-refractivity contribution in [2.45, 2.75) is 13.0 Å². The molecule has 22 heavy (non-hydrogen) atoms. The number of carbonyl (C=O) groups excluding carboxylic acids is 1. The van der Waals surface area contributed by atoms with Crippen molar-refractivity contribution in [3.63, 3.8) is 0 Å². The van der Waals surface area contributed by atoms with Gasteiger partial charge in [-0.05, 0) is 19.1 Å². The maximum atomic E-state index is 11.7. The van der Waals surface area contributed by atoms with Crippen LogP contribution in [-0.4, -0.2) is 62.0 Å². The van der Waals surface area contributed by atoms with E-state index in [0.717, 1.165) is 5.69 Å². The molecular weight excluding hydrogens is 288 g/mol. The molecule has 1 aromatic rings. The predicted molar refractivity (Wildman–Crippen MR) is 80.7 cm³/mol. The summed E-state index contributed by atoms with van der Waals surface area (Å²) in [6.07, 6.45) is -0.897. The highest BCUT2D eigenvalue weighted by Crippen LogP contribution is 2.27. The van der Waals surface area contributed by atoms with Gasteiger partial charge in [-0.15, -0.1) is 0 Å². The van der Waals surface area contributed by atoms with Gasteiger partial charge in [-0.3, -0.25) is 0 Å². The monoisotopic (exact) mass is 308 g/mol. The molecule has 1 fully saturated rings. The summed E-state index contributed by atoms with van der Waals surface area (Å²) in [5.74, 6) is -0.00914. The van der Waals surface area contributed by atoms with E-state index in [-0.39, 0.29) is 6.04 Å². The molecule has 0 bridgehead atoms. The third kappa shape index (κ3) is 3.08. The molecule has 1 aromatic carbocycles. The Balaban J connectivity index is 2.20. The zero-order valence-electron chi connectivity index (χ0n) is 12.9. The lowest BCUT2D eigenvalue weighted by Crippen LogP contribution is -2.53. The molecule has 1 N–H and O–H groups in total. The minimum Gasteiger partial charge on any atom is -0.496 e. The van der Waals surface area contributed by atoms with Gasteiger partial charge in [0.1, 0.15) is 11.3 Å². The van der Waals surface area contributed by atoms with E-state index in [4.69, 9.17) is 14.6 Å². The third-order valence-corrected chi connectivity index (χ3v) is 3.83. The number of benzene rings is 1. The SMILES string of the molecule is COC(=O)c1ccc(N2CCN(C(=O)O)[C@H](C)C2)cc1OC. The van der Waals surface area contributed by atoms with Crippen molar-refractivity contribution in [1.82, 2.24) is 4.90 Å². The van der Waals surface area contributed by atoms with Crippen LogP contribution >= 0.6 is 0 Å². The van der Waals surface area contributed by atoms with Gasteiger partial charge in [0.2, 0.25) is 0 Å². The zero-order valence-corrected chi connectivity index (χ0v) is 12.9. The molecule has 1 amide bonds. The highest BCUT2D eigenvalue weighted by Gasteiger charge is 2.27. The van der Waals surface area contributed by atoms with Gasteiger partial charge in [-0.25, -0.2) is 9.59 Å². The Bertz CT molecular complexity index is 575. The van der Waals surface area contributed by atoms with E-state index >= 15 is 0 Å². The molecule has 1 aliphatic rings. The van der Waals surface area contributed by atoms with Crippen LogP contribution in [0, 0.1) is 0 Å². The largest absolute Gasteiger partial charge is 0.496 e. The number of rotatable bonds is 3. The number of hydrogen-bond acceptors (Lipinski definition) is 5. The molecule has 1 saturated heterocycles. The number of nitrogens with zero attached hydrogens (tertiary/aromatic N) is 2. The van der Waals surface area contributed by atoms with Gasteiger partial charge in [0, 0.05) is 37.4 Å². The number of methoxy groups -OCH3 is 2. The Labute approximate surface area is 129 Å². The smallest absolute Gasteiger partial charge is 0.407 e. The lowest BCUT2D eigenvalue weighted by molar-refractivity contribution is 0.0597. The number of anilines is 1. The van der Waals surface area contributed by atoms with Crippen molar-refractivity contribution in [2.75, 3.05) is 38.8 Å². The van der Waals surface area contributed by atoms with Gasteiger partial charge in [-0.2, -0.15) is 0 Å². The first kappa shape index (κ1) is 15.9. The molecule has 1 heterocycles. The Morgan fingerprint density at radius 1 is 1.27 bits per heavy atom. The number of piperazine rings is 1. The molecule has 120 valence electrons. The maximum Gasteiger partial charge on any atom is 0.407 e. The van der Waals surface area contributed by atoms with Crippen molar-refractivity contribution in [3.8, 4) is 5.75 Å². The summed E-state index contributed by atoms with van der Waals surface area (Å²) in [4.78, 5) is 26.3. The van der Waals surface area contributed by atoms with Crippen LogP contribution in [0.4, 0.5) is 10.5 Å². The molecule has 1 atom stereocenters. The number of carbonyl (C=O) groups is 2. The van der Waals surface area contributed by atoms with Crippen LogP contribution in [0.2, 0.25) is 0 Å². The molecule has 0 unspecified atom stereocenters. The van der Waals surface area contributed by atoms with Crippen LogP contribution in [0.3, 0.4) is 0 Å². The molecule has 0 spiro atoms. The summed E-state index contributed by atoms with van der Waals surface area (Å²) in [6, 6.07) is 5.15. The number of carboxylic acid groups (broad SMARTS) is 1. The Hall–Kier alpha value is -2.44. The molecule has 2 rings (SSSR count). The van der Waals surface area contributed by atoms with Crippen LogP contribution in [0.1, 0.15) is 17.3 Å². The van der Waals surface area contributed by atoms with Gasteiger partial charge in [0.25, 0.3) is 0 Å². The molecule has 0 aliphatic carbocycles. The number of hydrogen-bond donors (Lipinski definition) is 1. The molecular formula is C15H20N2O5. The van der Waals surface area contributed by atoms with Crippen molar-refractivity contribution in [1.29, 1.82) is 0 Å². The second-order valence-electron chi connectivity index (χ2n) is 5.15. The van der Waals surface area contributed by atoms with Crippen molar-refractivity contribution < 1.29 is 24.2 Å². The lowest BCUT2D eigenvalue weighted by Gasteiger charge is -2.39. The van der Waals surface area contributed by atoms with Crippen molar-refractivity contribution >= 4 is 17.7 Å². The first-order chi connectivity index (χ1) is 10.5. The average molecular weight is 308 g/mol. The van der Waals surface area contributed by atoms with Crippen molar-refractivity contribution in [3.05, 3.63) is 23.8 Å². The fourth-order valence-corrected chi connectivity index (χ4v) is 2.63. The fraction of sp³-hybridized carbons (Fsp3) is 0.467. The average Bonchev–Trinajstić information content (AvgIpc) is 2.53. The zero-order chi connectivity index (χ0) is 16.3. The van der Waals surface area contributed by atoms with Crippen LogP contribution in [0.15, 0.2) is 18.2 Å². The normalized spacial score (nSPS) is 18.0. The summed E-state index contributed by atoms with van der Waals surface area (Å²) in [7, 11) is 2.82. The van der Waals surface area contributed by atoms with Crippen LogP contribution in [-0.2, 0) is 4.74 Å². The molecule has 7 nitrogen and oxygen atoms in total. The fourth-order valence-electron chi connectivity index (χ4n) is 2.63. The summed E-state index contributed by atoms with van der Waals surface area (Å²) >= 11 is 0. The van der Waals surface area contributed by atoms with Gasteiger partial charge >= 0.3 is 12.1 Å². The van der Waals surface area contributed by atoms with E-state index in [1.54, 1.807) is 12.1 Å². The second kappa shape index (κ2) is 6.55. The molecule has 0 radical (unpaired) electrons. The second-order valence-corrected chi connectivity index (χ2v) is 5.15. The Kier molecular flexibility index (Phi) is 4.75. The summed E-state index contributed by atoms with van der Waals surface area (Å²) in [5, 5.41) is 9.11. The maximum absolute atomic E-state index is 11.7. The number of amides is 1. The first-order valence-corrected chi connectivity index (χ1v) is 6.98. The van der Waals surface area contributed by atoms with E-state index < -0.39 is 12.1 Å². The van der Waals surface area contributed by atoms with Gasteiger partial charge < -0.3 is 24.4 Å². The predicted octanol–water partition coefficient (Wildman–Crippen LogP) is 1.67. The van der Waals surface area contributed by atoms with Crippen LogP contribution in [0.25, 0.3) is 0 Å². The Morgan fingerprint density at radius 3 is 2.55 bits per heavy atom. The number of ether oxygens (including phenoxy) is 2. The molecule has 0 saturated carbocycles. The number of esters is 1. The van der Waals surface area contributed by atoms with Crippen LogP contribution < -0.4 is 9.64 Å². The highest BCUT2D eigenvalue weighted by molar-refractivity contribution is 5.93. The van der Waals surface area contributed by atoms with E-state index in [2.05, 4.69) is 4.90 Å². The lowest BCUT2D eigenvalue weighted by atomic mass is 10.1. The first-order valence-electron chi connectivity index (χ1n) is 6.98. The van der Waals surface area contributed by atoms with Crippen molar-refractivity contribution in [2.24, 2.45) is 0 Å². The van der Waals surface area contributed by atoms with E-state index in [9.17, 15) is 9.59 Å². The van der Waals surface area contributed by atoms with Gasteiger partial charge in [-0.1, -0.05) is 0 Å². The third-order valence-electron chi connectivity index (χ3n) is 3.83. The molecule has 0 aromatic heterocycles. The van der Waals surface area contributed by atoms with Gasteiger partial charge in [0.05, 0.1) is 14.2 Å². The Morgan fingerprint density at radius 2 is 2.00 bits per heavy atom. The summed E-state index contributed by atoms with van der Waals surface area (Å²) in [6.45, 7) is 3.50. The van der Waals surface area contributed by atoms with E-state index in [0.29, 0.717) is 30.9 Å². The quantitative estimate of drug-likeness (QED) is 0.856. The van der Waals surface area contributed by atoms with E-state index in [1.165, 1.54) is 19.1 Å².